The van der Waals surface area contributed by atoms with Gasteiger partial charge in [0.1, 0.15) is 22.3 Å². The number of methoxy groups -OCH3 is 3. The molecule has 2 rings (SSSR count). The smallest absolute Gasteiger partial charge is 0.191 e. The van der Waals surface area contributed by atoms with Gasteiger partial charge in [-0.15, -0.1) is 11.3 Å². The lowest BCUT2D eigenvalue weighted by molar-refractivity contribution is 0.369. The summed E-state index contributed by atoms with van der Waals surface area (Å²) < 4.78 is 16.3. The van der Waals surface area contributed by atoms with Crippen molar-refractivity contribution in [2.24, 2.45) is 4.99 Å². The van der Waals surface area contributed by atoms with Crippen molar-refractivity contribution >= 4 is 17.3 Å². The van der Waals surface area contributed by atoms with Crippen LogP contribution in [-0.2, 0) is 13.1 Å². The van der Waals surface area contributed by atoms with Gasteiger partial charge in [-0.3, -0.25) is 0 Å². The average Bonchev–Trinajstić information content (AvgIpc) is 3.00. The fraction of sp³-hybridized carbons (Fsp3) is 0.474. The summed E-state index contributed by atoms with van der Waals surface area (Å²) in [5.74, 6) is 2.74. The van der Waals surface area contributed by atoms with E-state index in [9.17, 15) is 0 Å². The van der Waals surface area contributed by atoms with Crippen LogP contribution in [0.1, 0.15) is 28.1 Å². The van der Waals surface area contributed by atoms with Crippen molar-refractivity contribution in [3.05, 3.63) is 33.3 Å². The second-order valence-electron chi connectivity index (χ2n) is 5.81. The minimum atomic E-state index is 0.404. The van der Waals surface area contributed by atoms with Crippen LogP contribution in [0.15, 0.2) is 17.1 Å². The first-order valence-corrected chi connectivity index (χ1v) is 9.57. The van der Waals surface area contributed by atoms with Gasteiger partial charge in [0, 0.05) is 23.6 Å². The minimum Gasteiger partial charge on any atom is -0.496 e. The summed E-state index contributed by atoms with van der Waals surface area (Å²) in [6.45, 7) is 7.93. The molecule has 0 atom stereocenters. The SMILES string of the molecule is CCNC(=NCc1c(OC)cc(OC)cc1OC)NCc1nc(C)c(C)s1. The number of hydrogen-bond acceptors (Lipinski definition) is 6. The highest BCUT2D eigenvalue weighted by Crippen LogP contribution is 2.34. The third kappa shape index (κ3) is 5.50. The number of benzene rings is 1. The van der Waals surface area contributed by atoms with Gasteiger partial charge in [-0.2, -0.15) is 0 Å². The number of rotatable bonds is 8. The molecule has 8 heteroatoms. The Kier molecular flexibility index (Phi) is 7.72. The van der Waals surface area contributed by atoms with Crippen LogP contribution in [0.2, 0.25) is 0 Å². The van der Waals surface area contributed by atoms with Crippen molar-refractivity contribution in [3.63, 3.8) is 0 Å². The summed E-state index contributed by atoms with van der Waals surface area (Å²) in [4.78, 5) is 10.5. The van der Waals surface area contributed by atoms with E-state index in [-0.39, 0.29) is 0 Å². The zero-order valence-electron chi connectivity index (χ0n) is 16.8. The van der Waals surface area contributed by atoms with E-state index in [1.54, 1.807) is 32.7 Å². The number of guanidine groups is 1. The summed E-state index contributed by atoms with van der Waals surface area (Å²) in [7, 11) is 4.86. The van der Waals surface area contributed by atoms with E-state index >= 15 is 0 Å². The molecule has 27 heavy (non-hydrogen) atoms. The van der Waals surface area contributed by atoms with Crippen molar-refractivity contribution in [3.8, 4) is 17.2 Å². The zero-order valence-corrected chi connectivity index (χ0v) is 17.6. The molecule has 148 valence electrons. The number of nitrogens with one attached hydrogen (secondary N) is 2. The Morgan fingerprint density at radius 3 is 2.22 bits per heavy atom. The molecule has 0 saturated heterocycles. The van der Waals surface area contributed by atoms with Gasteiger partial charge in [-0.1, -0.05) is 0 Å². The van der Waals surface area contributed by atoms with E-state index in [0.717, 1.165) is 22.8 Å². The molecule has 2 N–H and O–H groups in total. The van der Waals surface area contributed by atoms with E-state index in [1.165, 1.54) is 4.88 Å². The van der Waals surface area contributed by atoms with Crippen LogP contribution in [0, 0.1) is 13.8 Å². The standard InChI is InChI=1S/C19H28N4O3S/c1-7-20-19(22-11-18-23-12(2)13(3)27-18)21-10-15-16(25-5)8-14(24-4)9-17(15)26-6/h8-9H,7,10-11H2,1-6H3,(H2,20,21,22). The number of aromatic nitrogens is 1. The van der Waals surface area contributed by atoms with Crippen LogP contribution in [0.5, 0.6) is 17.2 Å². The van der Waals surface area contributed by atoms with E-state index in [4.69, 9.17) is 14.2 Å². The minimum absolute atomic E-state index is 0.404. The second-order valence-corrected chi connectivity index (χ2v) is 7.10. The van der Waals surface area contributed by atoms with Gasteiger partial charge in [-0.25, -0.2) is 9.98 Å². The summed E-state index contributed by atoms with van der Waals surface area (Å²) in [6, 6.07) is 3.66. The van der Waals surface area contributed by atoms with Gasteiger partial charge in [0.2, 0.25) is 0 Å². The molecule has 0 aliphatic rings. The maximum atomic E-state index is 5.49. The third-order valence-electron chi connectivity index (χ3n) is 4.04. The molecule has 1 heterocycles. The lowest BCUT2D eigenvalue weighted by Gasteiger charge is -2.15. The molecule has 7 nitrogen and oxygen atoms in total. The number of hydrogen-bond donors (Lipinski definition) is 2. The summed E-state index contributed by atoms with van der Waals surface area (Å²) in [6.07, 6.45) is 0. The largest absolute Gasteiger partial charge is 0.496 e. The third-order valence-corrected chi connectivity index (χ3v) is 5.11. The normalized spacial score (nSPS) is 11.3. The van der Waals surface area contributed by atoms with Gasteiger partial charge < -0.3 is 24.8 Å². The highest BCUT2D eigenvalue weighted by atomic mass is 32.1. The van der Waals surface area contributed by atoms with E-state index in [1.807, 2.05) is 26.0 Å². The van der Waals surface area contributed by atoms with Crippen molar-refractivity contribution in [1.82, 2.24) is 15.6 Å². The molecule has 1 aromatic carbocycles. The first kappa shape index (κ1) is 20.8. The molecule has 0 unspecified atom stereocenters. The Bertz CT molecular complexity index is 745. The molecular weight excluding hydrogens is 364 g/mol. The monoisotopic (exact) mass is 392 g/mol. The van der Waals surface area contributed by atoms with Crippen LogP contribution in [0.25, 0.3) is 0 Å². The van der Waals surface area contributed by atoms with Gasteiger partial charge in [-0.05, 0) is 20.8 Å². The van der Waals surface area contributed by atoms with Crippen LogP contribution < -0.4 is 24.8 Å². The molecule has 0 aliphatic heterocycles. The first-order valence-electron chi connectivity index (χ1n) is 8.76. The number of ether oxygens (including phenoxy) is 3. The highest BCUT2D eigenvalue weighted by molar-refractivity contribution is 7.11. The number of nitrogens with zero attached hydrogens (tertiary/aromatic N) is 2. The summed E-state index contributed by atoms with van der Waals surface area (Å²) in [5.41, 5.74) is 1.94. The molecule has 0 amide bonds. The summed E-state index contributed by atoms with van der Waals surface area (Å²) >= 11 is 1.69. The molecule has 0 aliphatic carbocycles. The molecule has 0 radical (unpaired) electrons. The van der Waals surface area contributed by atoms with E-state index < -0.39 is 0 Å². The predicted molar refractivity (Wildman–Crippen MR) is 109 cm³/mol. The maximum Gasteiger partial charge on any atom is 0.191 e. The number of aryl methyl sites for hydroxylation is 2. The topological polar surface area (TPSA) is 77.0 Å². The first-order chi connectivity index (χ1) is 13.0. The Hall–Kier alpha value is -2.48. The number of aliphatic imine (C=N–C) groups is 1. The molecule has 2 aromatic rings. The molecule has 0 spiro atoms. The Labute approximate surface area is 164 Å². The van der Waals surface area contributed by atoms with Gasteiger partial charge in [0.25, 0.3) is 0 Å². The molecular formula is C19H28N4O3S. The Balaban J connectivity index is 2.18. The number of thiazole rings is 1. The highest BCUT2D eigenvalue weighted by Gasteiger charge is 2.13. The fourth-order valence-electron chi connectivity index (χ4n) is 2.51. The molecule has 1 aromatic heterocycles. The lowest BCUT2D eigenvalue weighted by Crippen LogP contribution is -2.36. The summed E-state index contributed by atoms with van der Waals surface area (Å²) in [5, 5.41) is 7.61. The van der Waals surface area contributed by atoms with Crippen molar-refractivity contribution in [2.45, 2.75) is 33.9 Å². The van der Waals surface area contributed by atoms with Crippen molar-refractivity contribution < 1.29 is 14.2 Å². The van der Waals surface area contributed by atoms with Crippen LogP contribution in [0.4, 0.5) is 0 Å². The van der Waals surface area contributed by atoms with Gasteiger partial charge >= 0.3 is 0 Å². The van der Waals surface area contributed by atoms with Crippen LogP contribution in [-0.4, -0.2) is 38.8 Å². The van der Waals surface area contributed by atoms with Crippen molar-refractivity contribution in [2.75, 3.05) is 27.9 Å². The quantitative estimate of drug-likeness (QED) is 0.531. The van der Waals surface area contributed by atoms with E-state index in [0.29, 0.717) is 36.3 Å². The zero-order chi connectivity index (χ0) is 19.8. The molecule has 0 saturated carbocycles. The predicted octanol–water partition coefficient (Wildman–Crippen LogP) is 3.04. The van der Waals surface area contributed by atoms with Gasteiger partial charge in [0.05, 0.1) is 45.7 Å². The maximum absolute atomic E-state index is 5.49. The molecule has 0 bridgehead atoms. The van der Waals surface area contributed by atoms with E-state index in [2.05, 4.69) is 27.5 Å². The van der Waals surface area contributed by atoms with Crippen LogP contribution >= 0.6 is 11.3 Å². The average molecular weight is 393 g/mol. The second kappa shape index (κ2) is 10.0. The van der Waals surface area contributed by atoms with Crippen LogP contribution in [0.3, 0.4) is 0 Å². The fourth-order valence-corrected chi connectivity index (χ4v) is 3.38. The Morgan fingerprint density at radius 2 is 1.74 bits per heavy atom. The Morgan fingerprint density at radius 1 is 1.07 bits per heavy atom. The molecule has 0 fully saturated rings. The van der Waals surface area contributed by atoms with Crippen molar-refractivity contribution in [1.29, 1.82) is 0 Å². The lowest BCUT2D eigenvalue weighted by atomic mass is 10.1. The van der Waals surface area contributed by atoms with Gasteiger partial charge in [0.15, 0.2) is 5.96 Å².